The first-order valence-electron chi connectivity index (χ1n) is 14.5. The van der Waals surface area contributed by atoms with Crippen molar-refractivity contribution in [1.29, 1.82) is 0 Å². The number of carboxylic acids is 1. The Bertz CT molecular complexity index is 1830. The van der Waals surface area contributed by atoms with Crippen LogP contribution in [0.25, 0.3) is 10.9 Å². The number of piperazine rings is 1. The molecule has 13 nitrogen and oxygen atoms in total. The van der Waals surface area contributed by atoms with Gasteiger partial charge in [0.25, 0.3) is 11.8 Å². The van der Waals surface area contributed by atoms with Crippen molar-refractivity contribution in [2.75, 3.05) is 43.4 Å². The van der Waals surface area contributed by atoms with E-state index in [1.54, 1.807) is 6.07 Å². The standard InChI is InChI=1S/C30H28FN5O8S/c31-19-10-17-20(11-21(19)34-7-5-32-6-8-34)35(16-3-4-16)12-18(25(17)37)30(42)44-13-15-14-45-28-23(27(39)36(28)24(15)29(40)41)33-26(38)22-2-1-9-43-22/h1-2,9-12,16,23,28,32H,3-8,13-14H2,(H,33,38)(H,40,41). The number of benzene rings is 1. The van der Waals surface area contributed by atoms with E-state index in [1.807, 2.05) is 9.47 Å². The van der Waals surface area contributed by atoms with Gasteiger partial charge in [-0.2, -0.15) is 0 Å². The summed E-state index contributed by atoms with van der Waals surface area (Å²) in [7, 11) is 0. The van der Waals surface area contributed by atoms with Crippen LogP contribution in [0.3, 0.4) is 0 Å². The quantitative estimate of drug-likeness (QED) is 0.243. The fourth-order valence-corrected chi connectivity index (χ4v) is 7.28. The molecular formula is C30H28FN5O8S. The van der Waals surface area contributed by atoms with Crippen molar-refractivity contribution in [3.8, 4) is 0 Å². The molecular weight excluding hydrogens is 609 g/mol. The van der Waals surface area contributed by atoms with E-state index in [2.05, 4.69) is 10.6 Å². The lowest BCUT2D eigenvalue weighted by Gasteiger charge is -2.49. The topological polar surface area (TPSA) is 163 Å². The summed E-state index contributed by atoms with van der Waals surface area (Å²) in [4.78, 5) is 67.3. The number of esters is 1. The van der Waals surface area contributed by atoms with Gasteiger partial charge in [0.2, 0.25) is 5.43 Å². The minimum atomic E-state index is -1.40. The number of nitrogens with zero attached hydrogens (tertiary/aromatic N) is 3. The Hall–Kier alpha value is -4.63. The van der Waals surface area contributed by atoms with Crippen molar-refractivity contribution in [2.45, 2.75) is 30.3 Å². The number of β-lactam (4-membered cyclic amide) rings is 1. The van der Waals surface area contributed by atoms with Crippen LogP contribution in [0.1, 0.15) is 39.8 Å². The lowest BCUT2D eigenvalue weighted by Crippen LogP contribution is -2.70. The Morgan fingerprint density at radius 1 is 1.18 bits per heavy atom. The number of hydrogen-bond acceptors (Lipinski definition) is 10. The van der Waals surface area contributed by atoms with Gasteiger partial charge in [0, 0.05) is 55.1 Å². The summed E-state index contributed by atoms with van der Waals surface area (Å²) in [5.74, 6) is -4.05. The van der Waals surface area contributed by atoms with Crippen LogP contribution in [0.15, 0.2) is 57.2 Å². The number of aromatic nitrogens is 1. The zero-order valence-corrected chi connectivity index (χ0v) is 24.6. The number of halogens is 1. The number of rotatable bonds is 8. The van der Waals surface area contributed by atoms with Gasteiger partial charge in [-0.15, -0.1) is 11.8 Å². The third-order valence-corrected chi connectivity index (χ3v) is 9.72. The summed E-state index contributed by atoms with van der Waals surface area (Å²) < 4.78 is 27.6. The third-order valence-electron chi connectivity index (χ3n) is 8.38. The van der Waals surface area contributed by atoms with Crippen molar-refractivity contribution in [3.05, 3.63) is 75.4 Å². The first-order chi connectivity index (χ1) is 21.7. The molecule has 234 valence electrons. The highest BCUT2D eigenvalue weighted by Crippen LogP contribution is 2.41. The number of ether oxygens (including phenoxy) is 1. The molecule has 3 N–H and O–H groups in total. The predicted molar refractivity (Wildman–Crippen MR) is 160 cm³/mol. The first-order valence-corrected chi connectivity index (χ1v) is 15.5. The molecule has 5 heterocycles. The molecule has 0 bridgehead atoms. The van der Waals surface area contributed by atoms with Crippen LogP contribution in [0, 0.1) is 5.82 Å². The monoisotopic (exact) mass is 637 g/mol. The number of thioether (sulfide) groups is 1. The number of fused-ring (bicyclic) bond motifs is 2. The summed E-state index contributed by atoms with van der Waals surface area (Å²) in [5, 5.41) is 15.1. The van der Waals surface area contributed by atoms with Gasteiger partial charge < -0.3 is 34.4 Å². The second-order valence-corrected chi connectivity index (χ2v) is 12.3. The van der Waals surface area contributed by atoms with E-state index >= 15 is 4.39 Å². The number of hydrogen-bond donors (Lipinski definition) is 3. The van der Waals surface area contributed by atoms with E-state index in [-0.39, 0.29) is 39.8 Å². The van der Waals surface area contributed by atoms with Crippen LogP contribution >= 0.6 is 11.8 Å². The Morgan fingerprint density at radius 3 is 2.64 bits per heavy atom. The maximum atomic E-state index is 15.3. The molecule has 2 amide bonds. The van der Waals surface area contributed by atoms with Crippen molar-refractivity contribution in [3.63, 3.8) is 0 Å². The number of amides is 2. The van der Waals surface area contributed by atoms with Gasteiger partial charge in [0.15, 0.2) is 5.76 Å². The Labute approximate surface area is 259 Å². The van der Waals surface area contributed by atoms with Crippen LogP contribution in [0.5, 0.6) is 0 Å². The smallest absolute Gasteiger partial charge is 0.352 e. The fraction of sp³-hybridized carbons (Fsp3) is 0.367. The molecule has 2 atom stereocenters. The summed E-state index contributed by atoms with van der Waals surface area (Å²) in [6.07, 6.45) is 4.44. The number of pyridine rings is 1. The Balaban J connectivity index is 1.12. The third kappa shape index (κ3) is 5.15. The van der Waals surface area contributed by atoms with E-state index in [9.17, 15) is 29.1 Å². The van der Waals surface area contributed by atoms with Crippen LogP contribution in [0.2, 0.25) is 0 Å². The first kappa shape index (κ1) is 29.1. The number of aliphatic carboxylic acids is 1. The van der Waals surface area contributed by atoms with Gasteiger partial charge in [-0.25, -0.2) is 14.0 Å². The van der Waals surface area contributed by atoms with Gasteiger partial charge in [0.1, 0.15) is 35.1 Å². The lowest BCUT2D eigenvalue weighted by atomic mass is 10.0. The highest BCUT2D eigenvalue weighted by atomic mass is 32.2. The van der Waals surface area contributed by atoms with E-state index < -0.39 is 53.0 Å². The molecule has 1 aromatic carbocycles. The van der Waals surface area contributed by atoms with Crippen LogP contribution in [0.4, 0.5) is 10.1 Å². The van der Waals surface area contributed by atoms with Gasteiger partial charge in [-0.1, -0.05) is 0 Å². The molecule has 2 saturated heterocycles. The van der Waals surface area contributed by atoms with Crippen molar-refractivity contribution in [1.82, 2.24) is 20.1 Å². The van der Waals surface area contributed by atoms with Crippen molar-refractivity contribution < 1.29 is 37.8 Å². The summed E-state index contributed by atoms with van der Waals surface area (Å²) in [6.45, 7) is 2.19. The zero-order valence-electron chi connectivity index (χ0n) is 23.8. The zero-order chi connectivity index (χ0) is 31.4. The molecule has 3 aliphatic heterocycles. The van der Waals surface area contributed by atoms with Gasteiger partial charge in [0.05, 0.1) is 17.5 Å². The predicted octanol–water partition coefficient (Wildman–Crippen LogP) is 1.69. The van der Waals surface area contributed by atoms with E-state index in [0.29, 0.717) is 37.4 Å². The van der Waals surface area contributed by atoms with Gasteiger partial charge in [-0.05, 0) is 37.1 Å². The van der Waals surface area contributed by atoms with Gasteiger partial charge in [-0.3, -0.25) is 19.3 Å². The fourth-order valence-electron chi connectivity index (χ4n) is 5.95. The molecule has 0 spiro atoms. The van der Waals surface area contributed by atoms with Crippen LogP contribution in [-0.2, 0) is 14.3 Å². The Morgan fingerprint density at radius 2 is 1.96 bits per heavy atom. The molecule has 1 aliphatic carbocycles. The normalized spacial score (nSPS) is 21.4. The Kier molecular flexibility index (Phi) is 7.36. The summed E-state index contributed by atoms with van der Waals surface area (Å²) >= 11 is 1.21. The molecule has 1 saturated carbocycles. The molecule has 3 aromatic rings. The largest absolute Gasteiger partial charge is 0.477 e. The lowest BCUT2D eigenvalue weighted by molar-refractivity contribution is -0.148. The highest BCUT2D eigenvalue weighted by Gasteiger charge is 2.54. The molecule has 2 unspecified atom stereocenters. The molecule has 4 aliphatic rings. The van der Waals surface area contributed by atoms with Crippen LogP contribution < -0.4 is 21.0 Å². The second kappa shape index (κ2) is 11.4. The number of carbonyl (C=O) groups is 4. The highest BCUT2D eigenvalue weighted by molar-refractivity contribution is 8.00. The van der Waals surface area contributed by atoms with Gasteiger partial charge >= 0.3 is 11.9 Å². The second-order valence-electron chi connectivity index (χ2n) is 11.2. The summed E-state index contributed by atoms with van der Waals surface area (Å²) in [6, 6.07) is 4.89. The number of carbonyl (C=O) groups excluding carboxylic acids is 3. The molecule has 2 aromatic heterocycles. The summed E-state index contributed by atoms with van der Waals surface area (Å²) in [5.41, 5.74) is -0.213. The maximum Gasteiger partial charge on any atom is 0.352 e. The minimum absolute atomic E-state index is 0.0147. The van der Waals surface area contributed by atoms with Crippen molar-refractivity contribution in [2.24, 2.45) is 0 Å². The molecule has 7 rings (SSSR count). The van der Waals surface area contributed by atoms with Crippen molar-refractivity contribution >= 4 is 52.1 Å². The number of carboxylic acid groups (broad SMARTS) is 1. The van der Waals surface area contributed by atoms with Crippen LogP contribution in [-0.4, -0.2) is 88.3 Å². The number of anilines is 1. The molecule has 3 fully saturated rings. The van der Waals surface area contributed by atoms with E-state index in [1.165, 1.54) is 42.4 Å². The number of furan rings is 1. The molecule has 15 heteroatoms. The van der Waals surface area contributed by atoms with E-state index in [4.69, 9.17) is 9.15 Å². The molecule has 45 heavy (non-hydrogen) atoms. The van der Waals surface area contributed by atoms with E-state index in [0.717, 1.165) is 17.7 Å². The minimum Gasteiger partial charge on any atom is -0.477 e. The number of nitrogens with one attached hydrogen (secondary N) is 2. The average Bonchev–Trinajstić information content (AvgIpc) is 3.74. The average molecular weight is 638 g/mol. The molecule has 0 radical (unpaired) electrons. The maximum absolute atomic E-state index is 15.3. The SMILES string of the molecule is O=C(O)C1=C(COC(=O)c2cn(C3CC3)c3cc(N4CCNCC4)c(F)cc3c2=O)CSC2C(NC(=O)c3ccco3)C(=O)N12.